The zero-order valence-corrected chi connectivity index (χ0v) is 13.8. The number of H-pyrrole nitrogens is 1. The minimum atomic E-state index is -4.74. The van der Waals surface area contributed by atoms with E-state index in [1.54, 1.807) is 6.20 Å². The zero-order valence-electron chi connectivity index (χ0n) is 13.8. The lowest BCUT2D eigenvalue weighted by molar-refractivity contribution is -0.159. The first-order chi connectivity index (χ1) is 12.4. The fourth-order valence-electron chi connectivity index (χ4n) is 2.48. The summed E-state index contributed by atoms with van der Waals surface area (Å²) in [5, 5.41) is 3.36. The van der Waals surface area contributed by atoms with E-state index in [0.29, 0.717) is 6.42 Å². The molecule has 136 valence electrons. The Hall–Kier alpha value is -2.97. The van der Waals surface area contributed by atoms with Crippen LogP contribution in [0.25, 0.3) is 11.4 Å². The molecule has 1 N–H and O–H groups in total. The summed E-state index contributed by atoms with van der Waals surface area (Å²) < 4.78 is 42.2. The van der Waals surface area contributed by atoms with Crippen molar-refractivity contribution in [3.05, 3.63) is 63.7 Å². The van der Waals surface area contributed by atoms with Gasteiger partial charge in [0.25, 0.3) is 5.56 Å². The number of aryl methyl sites for hydroxylation is 2. The second-order valence-electron chi connectivity index (χ2n) is 5.63. The average Bonchev–Trinajstić information content (AvgIpc) is 3.11. The van der Waals surface area contributed by atoms with Gasteiger partial charge in [-0.3, -0.25) is 9.78 Å². The molecule has 0 unspecified atom stereocenters. The van der Waals surface area contributed by atoms with Gasteiger partial charge in [-0.25, -0.2) is 0 Å². The van der Waals surface area contributed by atoms with Crippen LogP contribution in [-0.2, 0) is 25.4 Å². The number of nitrogens with zero attached hydrogens (tertiary/aromatic N) is 3. The number of halogens is 3. The molecule has 26 heavy (non-hydrogen) atoms. The third-order valence-electron chi connectivity index (χ3n) is 3.90. The van der Waals surface area contributed by atoms with Crippen LogP contribution in [0.2, 0.25) is 0 Å². The Bertz CT molecular complexity index is 946. The molecule has 0 aliphatic rings. The van der Waals surface area contributed by atoms with E-state index in [4.69, 9.17) is 0 Å². The van der Waals surface area contributed by atoms with E-state index in [1.165, 1.54) is 12.3 Å². The summed E-state index contributed by atoms with van der Waals surface area (Å²) in [5.41, 5.74) is 1.95. The molecule has 0 spiro atoms. The lowest BCUT2D eigenvalue weighted by atomic mass is 10.0. The molecule has 0 saturated heterocycles. The fraction of sp³-hybridized carbons (Fsp3) is 0.294. The summed E-state index contributed by atoms with van der Waals surface area (Å²) in [6.45, 7) is 2.02. The smallest absolute Gasteiger partial charge is 0.329 e. The summed E-state index contributed by atoms with van der Waals surface area (Å²) >= 11 is 0. The van der Waals surface area contributed by atoms with Crippen LogP contribution in [0.1, 0.15) is 29.6 Å². The first-order valence-corrected chi connectivity index (χ1v) is 7.94. The second kappa shape index (κ2) is 7.11. The Labute approximate surface area is 146 Å². The van der Waals surface area contributed by atoms with E-state index in [9.17, 15) is 18.0 Å². The van der Waals surface area contributed by atoms with E-state index < -0.39 is 17.6 Å². The highest BCUT2D eigenvalue weighted by molar-refractivity contribution is 5.58. The Morgan fingerprint density at radius 3 is 2.62 bits per heavy atom. The summed E-state index contributed by atoms with van der Waals surface area (Å²) in [4.78, 5) is 22.4. The van der Waals surface area contributed by atoms with Gasteiger partial charge in [0.1, 0.15) is 0 Å². The first-order valence-electron chi connectivity index (χ1n) is 7.94. The number of nitrogens with one attached hydrogen (secondary N) is 1. The molecule has 0 amide bonds. The second-order valence-corrected chi connectivity index (χ2v) is 5.63. The molecular weight excluding hydrogens is 349 g/mol. The molecule has 0 aliphatic heterocycles. The molecule has 3 heterocycles. The van der Waals surface area contributed by atoms with Crippen molar-refractivity contribution in [3.63, 3.8) is 0 Å². The fourth-order valence-corrected chi connectivity index (χ4v) is 2.48. The minimum Gasteiger partial charge on any atom is -0.329 e. The quantitative estimate of drug-likeness (QED) is 0.752. The SMILES string of the molecule is CCc1ccc(CCc2c(-c3noc(C(F)(F)F)n3)cc[nH]c2=O)nc1. The molecule has 0 saturated carbocycles. The highest BCUT2D eigenvalue weighted by atomic mass is 19.4. The summed E-state index contributed by atoms with van der Waals surface area (Å²) in [6, 6.07) is 5.27. The minimum absolute atomic E-state index is 0.207. The van der Waals surface area contributed by atoms with E-state index in [2.05, 4.69) is 24.6 Å². The standard InChI is InChI=1S/C17H15F3N4O2/c1-2-10-3-4-11(22-9-10)5-6-13-12(7-8-21-15(13)25)14-23-16(26-24-14)17(18,19)20/h3-4,7-9H,2,5-6H2,1H3,(H,21,25). The van der Waals surface area contributed by atoms with Crippen molar-refractivity contribution in [1.82, 2.24) is 20.1 Å². The van der Waals surface area contributed by atoms with Crippen molar-refractivity contribution in [1.29, 1.82) is 0 Å². The number of pyridine rings is 2. The van der Waals surface area contributed by atoms with E-state index >= 15 is 0 Å². The molecule has 0 fully saturated rings. The van der Waals surface area contributed by atoms with Gasteiger partial charge in [-0.1, -0.05) is 18.1 Å². The maximum Gasteiger partial charge on any atom is 0.471 e. The average molecular weight is 364 g/mol. The van der Waals surface area contributed by atoms with Crippen LogP contribution in [0.3, 0.4) is 0 Å². The number of alkyl halides is 3. The van der Waals surface area contributed by atoms with E-state index in [1.807, 2.05) is 19.1 Å². The summed E-state index contributed by atoms with van der Waals surface area (Å²) in [6.07, 6.45) is -0.0417. The monoisotopic (exact) mass is 364 g/mol. The summed E-state index contributed by atoms with van der Waals surface area (Å²) in [7, 11) is 0. The molecule has 9 heteroatoms. The van der Waals surface area contributed by atoms with E-state index in [-0.39, 0.29) is 23.4 Å². The number of rotatable bonds is 5. The Morgan fingerprint density at radius 1 is 1.19 bits per heavy atom. The van der Waals surface area contributed by atoms with Crippen molar-refractivity contribution < 1.29 is 17.7 Å². The van der Waals surface area contributed by atoms with Crippen LogP contribution in [0.4, 0.5) is 13.2 Å². The lowest BCUT2D eigenvalue weighted by Crippen LogP contribution is -2.15. The normalized spacial score (nSPS) is 11.7. The van der Waals surface area contributed by atoms with Crippen LogP contribution in [0.15, 0.2) is 39.9 Å². The predicted octanol–water partition coefficient (Wildman–Crippen LogP) is 3.19. The van der Waals surface area contributed by atoms with Crippen molar-refractivity contribution >= 4 is 0 Å². The lowest BCUT2D eigenvalue weighted by Gasteiger charge is -2.06. The molecule has 3 aromatic heterocycles. The highest BCUT2D eigenvalue weighted by Crippen LogP contribution is 2.29. The van der Waals surface area contributed by atoms with Crippen LogP contribution < -0.4 is 5.56 Å². The van der Waals surface area contributed by atoms with Gasteiger partial charge in [0.05, 0.1) is 0 Å². The van der Waals surface area contributed by atoms with Gasteiger partial charge >= 0.3 is 12.1 Å². The Kier molecular flexibility index (Phi) is 4.88. The van der Waals surface area contributed by atoms with Crippen LogP contribution in [-0.4, -0.2) is 20.1 Å². The molecular formula is C17H15F3N4O2. The van der Waals surface area contributed by atoms with Gasteiger partial charge in [0, 0.05) is 29.2 Å². The Morgan fingerprint density at radius 2 is 2.00 bits per heavy atom. The van der Waals surface area contributed by atoms with Crippen LogP contribution >= 0.6 is 0 Å². The molecule has 0 bridgehead atoms. The third kappa shape index (κ3) is 3.81. The molecule has 3 rings (SSSR count). The molecule has 0 radical (unpaired) electrons. The Balaban J connectivity index is 1.87. The van der Waals surface area contributed by atoms with Gasteiger partial charge in [-0.15, -0.1) is 0 Å². The van der Waals surface area contributed by atoms with Crippen molar-refractivity contribution in [3.8, 4) is 11.4 Å². The van der Waals surface area contributed by atoms with Crippen molar-refractivity contribution in [2.24, 2.45) is 0 Å². The molecule has 0 aromatic carbocycles. The van der Waals surface area contributed by atoms with E-state index in [0.717, 1.165) is 17.7 Å². The van der Waals surface area contributed by atoms with Crippen LogP contribution in [0.5, 0.6) is 0 Å². The number of hydrogen-bond donors (Lipinski definition) is 1. The highest BCUT2D eigenvalue weighted by Gasteiger charge is 2.38. The predicted molar refractivity (Wildman–Crippen MR) is 86.4 cm³/mol. The molecule has 0 aliphatic carbocycles. The zero-order chi connectivity index (χ0) is 18.7. The largest absolute Gasteiger partial charge is 0.471 e. The molecule has 6 nitrogen and oxygen atoms in total. The van der Waals surface area contributed by atoms with Gasteiger partial charge in [0.2, 0.25) is 5.82 Å². The maximum absolute atomic E-state index is 12.7. The number of aromatic nitrogens is 4. The van der Waals surface area contributed by atoms with Gasteiger partial charge in [-0.05, 0) is 37.0 Å². The summed E-state index contributed by atoms with van der Waals surface area (Å²) in [5.74, 6) is -1.72. The van der Waals surface area contributed by atoms with Gasteiger partial charge in [0.15, 0.2) is 0 Å². The number of hydrogen-bond acceptors (Lipinski definition) is 5. The third-order valence-corrected chi connectivity index (χ3v) is 3.90. The maximum atomic E-state index is 12.7. The number of aromatic amines is 1. The topological polar surface area (TPSA) is 84.7 Å². The van der Waals surface area contributed by atoms with Crippen molar-refractivity contribution in [2.45, 2.75) is 32.4 Å². The molecule has 0 atom stereocenters. The van der Waals surface area contributed by atoms with Gasteiger partial charge in [-0.2, -0.15) is 18.2 Å². The first kappa shape index (κ1) is 17.8. The van der Waals surface area contributed by atoms with Crippen LogP contribution in [0, 0.1) is 0 Å². The van der Waals surface area contributed by atoms with Gasteiger partial charge < -0.3 is 9.51 Å². The molecule has 3 aromatic rings. The van der Waals surface area contributed by atoms with Crippen molar-refractivity contribution in [2.75, 3.05) is 0 Å².